The third-order valence-corrected chi connectivity index (χ3v) is 6.20. The van der Waals surface area contributed by atoms with Crippen LogP contribution in [0.3, 0.4) is 0 Å². The highest BCUT2D eigenvalue weighted by molar-refractivity contribution is 7.18. The minimum atomic E-state index is -0.303. The molecule has 4 heterocycles. The molecule has 1 atom stereocenters. The first-order valence-electron chi connectivity index (χ1n) is 9.99. The summed E-state index contributed by atoms with van der Waals surface area (Å²) < 4.78 is 0. The van der Waals surface area contributed by atoms with Crippen molar-refractivity contribution in [2.45, 2.75) is 39.2 Å². The van der Waals surface area contributed by atoms with E-state index in [1.54, 1.807) is 17.5 Å². The van der Waals surface area contributed by atoms with Crippen molar-refractivity contribution in [3.8, 4) is 0 Å². The van der Waals surface area contributed by atoms with E-state index in [9.17, 15) is 9.90 Å². The lowest BCUT2D eigenvalue weighted by Crippen LogP contribution is -2.38. The summed E-state index contributed by atoms with van der Waals surface area (Å²) in [6, 6.07) is 1.86. The topological polar surface area (TPSA) is 144 Å². The van der Waals surface area contributed by atoms with E-state index in [1.807, 2.05) is 19.9 Å². The molecule has 0 saturated carbocycles. The van der Waals surface area contributed by atoms with Crippen molar-refractivity contribution in [3.63, 3.8) is 0 Å². The molecular weight excluding hydrogens is 420 g/mol. The molecule has 1 aliphatic rings. The van der Waals surface area contributed by atoms with Crippen molar-refractivity contribution in [1.29, 1.82) is 0 Å². The number of H-pyrrole nitrogens is 1. The number of nitrogens with one attached hydrogen (secondary N) is 2. The Morgan fingerprint density at radius 3 is 2.90 bits per heavy atom. The van der Waals surface area contributed by atoms with E-state index in [4.69, 9.17) is 9.90 Å². The standard InChI is InChI=1S/C19H24N6O2S.CH2O2/c1-11-12(2)28-18-16(11)17(27)22-14(23-18)5-7-20-19-21-8-6-15(24-19)25-9-3-4-13(26)10-25;2-1-3/h6,8,13,26H,3-5,7,9-10H2,1-2H3,(H,20,21,24)(H,22,23,27);1H,(H,2,3). The number of aromatic nitrogens is 4. The average Bonchev–Trinajstić information content (AvgIpc) is 3.03. The van der Waals surface area contributed by atoms with Crippen molar-refractivity contribution >= 4 is 39.8 Å². The van der Waals surface area contributed by atoms with E-state index in [1.165, 1.54) is 0 Å². The summed E-state index contributed by atoms with van der Waals surface area (Å²) in [5.41, 5.74) is 0.926. The van der Waals surface area contributed by atoms with Gasteiger partial charge in [-0.2, -0.15) is 4.98 Å². The predicted molar refractivity (Wildman–Crippen MR) is 120 cm³/mol. The van der Waals surface area contributed by atoms with Crippen LogP contribution in [-0.4, -0.2) is 62.4 Å². The largest absolute Gasteiger partial charge is 0.483 e. The summed E-state index contributed by atoms with van der Waals surface area (Å²) in [4.78, 5) is 41.0. The second-order valence-corrected chi connectivity index (χ2v) is 8.44. The van der Waals surface area contributed by atoms with Crippen LogP contribution in [-0.2, 0) is 11.2 Å². The van der Waals surface area contributed by atoms with Crippen molar-refractivity contribution in [2.24, 2.45) is 0 Å². The molecule has 166 valence electrons. The zero-order valence-corrected chi connectivity index (χ0v) is 18.3. The summed E-state index contributed by atoms with van der Waals surface area (Å²) in [7, 11) is 0. The van der Waals surface area contributed by atoms with Gasteiger partial charge in [0.1, 0.15) is 16.5 Å². The van der Waals surface area contributed by atoms with E-state index in [0.717, 1.165) is 40.5 Å². The van der Waals surface area contributed by atoms with Crippen LogP contribution in [0, 0.1) is 13.8 Å². The maximum absolute atomic E-state index is 12.4. The van der Waals surface area contributed by atoms with Gasteiger partial charge >= 0.3 is 0 Å². The quantitative estimate of drug-likeness (QED) is 0.430. The van der Waals surface area contributed by atoms with E-state index in [0.29, 0.717) is 36.7 Å². The van der Waals surface area contributed by atoms with Gasteiger partial charge in [-0.15, -0.1) is 11.3 Å². The molecule has 1 saturated heterocycles. The lowest BCUT2D eigenvalue weighted by Gasteiger charge is -2.31. The van der Waals surface area contributed by atoms with Gasteiger partial charge in [-0.05, 0) is 38.3 Å². The zero-order chi connectivity index (χ0) is 22.4. The van der Waals surface area contributed by atoms with Gasteiger partial charge in [0.05, 0.1) is 11.5 Å². The number of piperidine rings is 1. The van der Waals surface area contributed by atoms with Crippen LogP contribution in [0.5, 0.6) is 0 Å². The second-order valence-electron chi connectivity index (χ2n) is 7.24. The van der Waals surface area contributed by atoms with Gasteiger partial charge in [-0.25, -0.2) is 9.97 Å². The zero-order valence-electron chi connectivity index (χ0n) is 17.5. The molecule has 1 unspecified atom stereocenters. The summed E-state index contributed by atoms with van der Waals surface area (Å²) in [5, 5.41) is 20.6. The molecule has 0 radical (unpaired) electrons. The molecular formula is C20H26N6O4S. The van der Waals surface area contributed by atoms with E-state index < -0.39 is 0 Å². The van der Waals surface area contributed by atoms with Crippen LogP contribution in [0.2, 0.25) is 0 Å². The molecule has 3 aromatic heterocycles. The minimum Gasteiger partial charge on any atom is -0.483 e. The number of hydrogen-bond acceptors (Lipinski definition) is 9. The number of aromatic amines is 1. The molecule has 0 aliphatic carbocycles. The first-order chi connectivity index (χ1) is 14.9. The lowest BCUT2D eigenvalue weighted by atomic mass is 10.1. The Morgan fingerprint density at radius 1 is 1.39 bits per heavy atom. The van der Waals surface area contributed by atoms with Gasteiger partial charge in [0.25, 0.3) is 12.0 Å². The molecule has 3 aromatic rings. The van der Waals surface area contributed by atoms with E-state index in [2.05, 4.69) is 30.2 Å². The SMILES string of the molecule is Cc1sc2nc(CCNc3nccc(N4CCCC(O)C4)n3)[nH]c(=O)c2c1C.O=CO. The van der Waals surface area contributed by atoms with Crippen molar-refractivity contribution in [2.75, 3.05) is 29.9 Å². The number of hydrogen-bond donors (Lipinski definition) is 4. The van der Waals surface area contributed by atoms with Crippen LogP contribution in [0.4, 0.5) is 11.8 Å². The molecule has 0 bridgehead atoms. The molecule has 4 rings (SSSR count). The molecule has 1 aliphatic heterocycles. The fraction of sp³-hybridized carbons (Fsp3) is 0.450. The number of aliphatic hydroxyl groups excluding tert-OH is 1. The minimum absolute atomic E-state index is 0.0799. The third kappa shape index (κ3) is 5.56. The number of carbonyl (C=O) groups is 1. The lowest BCUT2D eigenvalue weighted by molar-refractivity contribution is -0.122. The van der Waals surface area contributed by atoms with Crippen LogP contribution in [0.1, 0.15) is 29.1 Å². The number of aryl methyl sites for hydroxylation is 2. The van der Waals surface area contributed by atoms with Gasteiger partial charge in [0.15, 0.2) is 0 Å². The molecule has 0 aromatic carbocycles. The number of fused-ring (bicyclic) bond motifs is 1. The summed E-state index contributed by atoms with van der Waals surface area (Å²) >= 11 is 1.55. The Labute approximate surface area is 183 Å². The molecule has 0 amide bonds. The smallest absolute Gasteiger partial charge is 0.290 e. The van der Waals surface area contributed by atoms with Gasteiger partial charge in [-0.3, -0.25) is 9.59 Å². The Kier molecular flexibility index (Phi) is 7.53. The van der Waals surface area contributed by atoms with Crippen LogP contribution in [0.25, 0.3) is 10.2 Å². The van der Waals surface area contributed by atoms with E-state index >= 15 is 0 Å². The maximum Gasteiger partial charge on any atom is 0.290 e. The number of anilines is 2. The maximum atomic E-state index is 12.4. The normalized spacial score (nSPS) is 16.0. The van der Waals surface area contributed by atoms with Crippen molar-refractivity contribution < 1.29 is 15.0 Å². The number of aliphatic hydroxyl groups is 1. The summed E-state index contributed by atoms with van der Waals surface area (Å²) in [6.07, 6.45) is 3.77. The van der Waals surface area contributed by atoms with Crippen molar-refractivity contribution in [1.82, 2.24) is 19.9 Å². The number of rotatable bonds is 5. The number of β-amino-alcohol motifs (C(OH)–C–C–N with tert-alkyl or cyclic N) is 1. The third-order valence-electron chi connectivity index (χ3n) is 5.09. The van der Waals surface area contributed by atoms with Gasteiger partial charge in [0.2, 0.25) is 5.95 Å². The fourth-order valence-corrected chi connectivity index (χ4v) is 4.53. The van der Waals surface area contributed by atoms with Crippen molar-refractivity contribution in [3.05, 3.63) is 38.9 Å². The molecule has 0 spiro atoms. The predicted octanol–water partition coefficient (Wildman–Crippen LogP) is 1.71. The highest BCUT2D eigenvalue weighted by Crippen LogP contribution is 2.25. The first-order valence-corrected chi connectivity index (χ1v) is 10.8. The van der Waals surface area contributed by atoms with E-state index in [-0.39, 0.29) is 18.1 Å². The molecule has 11 heteroatoms. The molecule has 4 N–H and O–H groups in total. The Bertz CT molecular complexity index is 1100. The second kappa shape index (κ2) is 10.3. The van der Waals surface area contributed by atoms with Crippen LogP contribution < -0.4 is 15.8 Å². The fourth-order valence-electron chi connectivity index (χ4n) is 3.48. The van der Waals surface area contributed by atoms with Gasteiger partial charge in [-0.1, -0.05) is 0 Å². The van der Waals surface area contributed by atoms with Crippen LogP contribution in [0.15, 0.2) is 17.1 Å². The van der Waals surface area contributed by atoms with Gasteiger partial charge < -0.3 is 25.4 Å². The first kappa shape index (κ1) is 22.6. The Morgan fingerprint density at radius 2 is 2.16 bits per heavy atom. The highest BCUT2D eigenvalue weighted by Gasteiger charge is 2.19. The summed E-state index contributed by atoms with van der Waals surface area (Å²) in [5.74, 6) is 2.00. The number of thiophene rings is 1. The molecule has 31 heavy (non-hydrogen) atoms. The Balaban J connectivity index is 0.000000858. The average molecular weight is 447 g/mol. The van der Waals surface area contributed by atoms with Crippen LogP contribution >= 0.6 is 11.3 Å². The summed E-state index contributed by atoms with van der Waals surface area (Å²) in [6.45, 7) is 5.76. The molecule has 1 fully saturated rings. The molecule has 10 nitrogen and oxygen atoms in total. The number of nitrogens with zero attached hydrogens (tertiary/aromatic N) is 4. The highest BCUT2D eigenvalue weighted by atomic mass is 32.1. The van der Waals surface area contributed by atoms with Gasteiger partial charge in [0, 0.05) is 37.1 Å². The number of carboxylic acid groups (broad SMARTS) is 1. The Hall–Kier alpha value is -3.05. The monoisotopic (exact) mass is 446 g/mol.